The SMILES string of the molecule is CNC(=O)c1sc2ccccc2c1C[C@@H]1CCCCCN1Cc1cccnc1N(C)C. The van der Waals surface area contributed by atoms with Crippen LogP contribution < -0.4 is 10.2 Å². The number of aromatic nitrogens is 1. The molecule has 0 radical (unpaired) electrons. The van der Waals surface area contributed by atoms with E-state index in [4.69, 9.17) is 0 Å². The first kappa shape index (κ1) is 21.8. The van der Waals surface area contributed by atoms with Crippen LogP contribution in [0.1, 0.15) is 46.5 Å². The Morgan fingerprint density at radius 1 is 1.19 bits per heavy atom. The molecule has 3 aromatic rings. The van der Waals surface area contributed by atoms with Crippen LogP contribution in [0.15, 0.2) is 42.6 Å². The molecule has 1 fully saturated rings. The van der Waals surface area contributed by atoms with Gasteiger partial charge in [-0.05, 0) is 48.9 Å². The molecule has 0 spiro atoms. The fourth-order valence-electron chi connectivity index (χ4n) is 4.69. The molecule has 1 atom stereocenters. The Morgan fingerprint density at radius 3 is 2.84 bits per heavy atom. The summed E-state index contributed by atoms with van der Waals surface area (Å²) < 4.78 is 1.19. The summed E-state index contributed by atoms with van der Waals surface area (Å²) in [7, 11) is 5.83. The molecule has 6 heteroatoms. The van der Waals surface area contributed by atoms with Gasteiger partial charge in [0.2, 0.25) is 0 Å². The Hall–Kier alpha value is -2.44. The molecule has 31 heavy (non-hydrogen) atoms. The Kier molecular flexibility index (Phi) is 6.88. The van der Waals surface area contributed by atoms with E-state index in [1.54, 1.807) is 18.4 Å². The maximum absolute atomic E-state index is 12.7. The van der Waals surface area contributed by atoms with Crippen molar-refractivity contribution in [2.45, 2.75) is 44.7 Å². The Morgan fingerprint density at radius 2 is 2.03 bits per heavy atom. The van der Waals surface area contributed by atoms with Crippen molar-refractivity contribution in [1.82, 2.24) is 15.2 Å². The van der Waals surface area contributed by atoms with Crippen molar-refractivity contribution < 1.29 is 4.79 Å². The number of thiophene rings is 1. The highest BCUT2D eigenvalue weighted by atomic mass is 32.1. The monoisotopic (exact) mass is 436 g/mol. The molecule has 5 nitrogen and oxygen atoms in total. The third-order valence-electron chi connectivity index (χ3n) is 6.23. The number of carbonyl (C=O) groups excluding carboxylic acids is 1. The molecule has 2 aromatic heterocycles. The van der Waals surface area contributed by atoms with E-state index >= 15 is 0 Å². The zero-order valence-electron chi connectivity index (χ0n) is 18.7. The first-order valence-corrected chi connectivity index (χ1v) is 12.0. The van der Waals surface area contributed by atoms with Crippen molar-refractivity contribution in [1.29, 1.82) is 0 Å². The predicted octanol–water partition coefficient (Wildman–Crippen LogP) is 4.71. The second kappa shape index (κ2) is 9.79. The highest BCUT2D eigenvalue weighted by Gasteiger charge is 2.26. The number of benzene rings is 1. The average Bonchev–Trinajstić information content (AvgIpc) is 3.00. The van der Waals surface area contributed by atoms with Crippen LogP contribution in [-0.2, 0) is 13.0 Å². The largest absolute Gasteiger partial charge is 0.362 e. The summed E-state index contributed by atoms with van der Waals surface area (Å²) in [5, 5.41) is 4.07. The number of hydrogen-bond acceptors (Lipinski definition) is 5. The van der Waals surface area contributed by atoms with Crippen LogP contribution in [0.4, 0.5) is 5.82 Å². The number of pyridine rings is 1. The van der Waals surface area contributed by atoms with E-state index in [2.05, 4.69) is 64.5 Å². The number of likely N-dealkylation sites (tertiary alicyclic amines) is 1. The molecule has 0 unspecified atom stereocenters. The lowest BCUT2D eigenvalue weighted by Gasteiger charge is -2.31. The molecule has 1 aliphatic rings. The van der Waals surface area contributed by atoms with E-state index in [0.717, 1.165) is 36.6 Å². The Labute approximate surface area is 189 Å². The van der Waals surface area contributed by atoms with Crippen LogP contribution >= 0.6 is 11.3 Å². The number of anilines is 1. The van der Waals surface area contributed by atoms with Crippen LogP contribution in [0, 0.1) is 0 Å². The second-order valence-electron chi connectivity index (χ2n) is 8.54. The minimum absolute atomic E-state index is 0.0264. The lowest BCUT2D eigenvalue weighted by atomic mass is 9.97. The van der Waals surface area contributed by atoms with Crippen LogP contribution in [0.5, 0.6) is 0 Å². The number of fused-ring (bicyclic) bond motifs is 1. The molecular weight excluding hydrogens is 404 g/mol. The molecule has 1 N–H and O–H groups in total. The highest BCUT2D eigenvalue weighted by Crippen LogP contribution is 2.34. The molecule has 1 amide bonds. The number of carbonyl (C=O) groups is 1. The summed E-state index contributed by atoms with van der Waals surface area (Å²) in [6.07, 6.45) is 7.67. The summed E-state index contributed by atoms with van der Waals surface area (Å²) in [6, 6.07) is 13.1. The van der Waals surface area contributed by atoms with E-state index in [0.29, 0.717) is 6.04 Å². The molecule has 0 saturated carbocycles. The van der Waals surface area contributed by atoms with Gasteiger partial charge in [-0.1, -0.05) is 37.1 Å². The first-order chi connectivity index (χ1) is 15.1. The van der Waals surface area contributed by atoms with Gasteiger partial charge in [0, 0.05) is 50.2 Å². The lowest BCUT2D eigenvalue weighted by Crippen LogP contribution is -2.36. The lowest BCUT2D eigenvalue weighted by molar-refractivity contribution is 0.0965. The summed E-state index contributed by atoms with van der Waals surface area (Å²) >= 11 is 1.61. The number of hydrogen-bond donors (Lipinski definition) is 1. The molecule has 0 aliphatic carbocycles. The zero-order chi connectivity index (χ0) is 21.8. The maximum atomic E-state index is 12.7. The molecule has 1 saturated heterocycles. The van der Waals surface area contributed by atoms with E-state index in [9.17, 15) is 4.79 Å². The van der Waals surface area contributed by atoms with E-state index in [-0.39, 0.29) is 5.91 Å². The molecular formula is C25H32N4OS. The van der Waals surface area contributed by atoms with Crippen molar-refractivity contribution in [3.63, 3.8) is 0 Å². The number of nitrogens with one attached hydrogen (secondary N) is 1. The van der Waals surface area contributed by atoms with Gasteiger partial charge in [0.05, 0.1) is 4.88 Å². The topological polar surface area (TPSA) is 48.5 Å². The fraction of sp³-hybridized carbons (Fsp3) is 0.440. The summed E-state index contributed by atoms with van der Waals surface area (Å²) in [4.78, 5) is 22.9. The molecule has 0 bridgehead atoms. The van der Waals surface area contributed by atoms with Gasteiger partial charge in [0.15, 0.2) is 0 Å². The van der Waals surface area contributed by atoms with Crippen molar-refractivity contribution >= 4 is 33.1 Å². The second-order valence-corrected chi connectivity index (χ2v) is 9.60. The first-order valence-electron chi connectivity index (χ1n) is 11.2. The van der Waals surface area contributed by atoms with Crippen molar-refractivity contribution in [3.05, 3.63) is 58.6 Å². The zero-order valence-corrected chi connectivity index (χ0v) is 19.5. The minimum Gasteiger partial charge on any atom is -0.362 e. The van der Waals surface area contributed by atoms with Gasteiger partial charge in [-0.3, -0.25) is 9.69 Å². The third kappa shape index (κ3) is 4.75. The molecule has 4 rings (SSSR count). The van der Waals surface area contributed by atoms with Gasteiger partial charge in [0.1, 0.15) is 5.82 Å². The van der Waals surface area contributed by atoms with Gasteiger partial charge >= 0.3 is 0 Å². The quantitative estimate of drug-likeness (QED) is 0.608. The van der Waals surface area contributed by atoms with Crippen LogP contribution in [0.2, 0.25) is 0 Å². The third-order valence-corrected chi connectivity index (χ3v) is 7.45. The predicted molar refractivity (Wildman–Crippen MR) is 130 cm³/mol. The molecule has 164 valence electrons. The van der Waals surface area contributed by atoms with Gasteiger partial charge in [-0.25, -0.2) is 4.98 Å². The van der Waals surface area contributed by atoms with E-state index in [1.165, 1.54) is 40.5 Å². The van der Waals surface area contributed by atoms with Gasteiger partial charge in [-0.2, -0.15) is 0 Å². The number of rotatable bonds is 6. The molecule has 3 heterocycles. The Balaban J connectivity index is 1.67. The van der Waals surface area contributed by atoms with Gasteiger partial charge < -0.3 is 10.2 Å². The van der Waals surface area contributed by atoms with Crippen LogP contribution in [-0.4, -0.2) is 49.5 Å². The standard InChI is InChI=1S/C25H32N4OS/c1-26-25(30)23-21(20-12-6-7-13-22(20)31-23)16-19-11-5-4-8-15-29(19)17-18-10-9-14-27-24(18)28(2)3/h6-7,9-10,12-14,19H,4-5,8,11,15-17H2,1-3H3,(H,26,30)/t19-/m0/s1. The fourth-order valence-corrected chi connectivity index (χ4v) is 5.86. The van der Waals surface area contributed by atoms with Gasteiger partial charge in [-0.15, -0.1) is 11.3 Å². The Bertz CT molecular complexity index is 1040. The average molecular weight is 437 g/mol. The maximum Gasteiger partial charge on any atom is 0.261 e. The van der Waals surface area contributed by atoms with Crippen molar-refractivity contribution in [2.24, 2.45) is 0 Å². The summed E-state index contributed by atoms with van der Waals surface area (Å²) in [5.74, 6) is 1.07. The van der Waals surface area contributed by atoms with Crippen LogP contribution in [0.3, 0.4) is 0 Å². The van der Waals surface area contributed by atoms with E-state index < -0.39 is 0 Å². The smallest absolute Gasteiger partial charge is 0.261 e. The van der Waals surface area contributed by atoms with Gasteiger partial charge in [0.25, 0.3) is 5.91 Å². The normalized spacial score (nSPS) is 17.5. The van der Waals surface area contributed by atoms with Crippen molar-refractivity contribution in [2.75, 3.05) is 32.6 Å². The highest BCUT2D eigenvalue weighted by molar-refractivity contribution is 7.21. The van der Waals surface area contributed by atoms with Crippen LogP contribution in [0.25, 0.3) is 10.1 Å². The summed E-state index contributed by atoms with van der Waals surface area (Å²) in [6.45, 7) is 1.98. The molecule has 1 aromatic carbocycles. The molecule has 1 aliphatic heterocycles. The van der Waals surface area contributed by atoms with Crippen molar-refractivity contribution in [3.8, 4) is 0 Å². The van der Waals surface area contributed by atoms with E-state index in [1.807, 2.05) is 12.3 Å². The number of nitrogens with zero attached hydrogens (tertiary/aromatic N) is 3. The summed E-state index contributed by atoms with van der Waals surface area (Å²) in [5.41, 5.74) is 2.47. The number of amides is 1. The minimum atomic E-state index is 0.0264.